The van der Waals surface area contributed by atoms with Crippen molar-refractivity contribution in [3.8, 4) is 0 Å². The fourth-order valence-electron chi connectivity index (χ4n) is 3.82. The molecule has 0 aromatic rings. The number of hydrogen-bond acceptors (Lipinski definition) is 4. The van der Waals surface area contributed by atoms with Gasteiger partial charge in [0.2, 0.25) is 0 Å². The van der Waals surface area contributed by atoms with Crippen molar-refractivity contribution < 1.29 is 47.6 Å². The third kappa shape index (κ3) is 21.9. The predicted octanol–water partition coefficient (Wildman–Crippen LogP) is 3.72. The predicted molar refractivity (Wildman–Crippen MR) is 119 cm³/mol. The van der Waals surface area contributed by atoms with Gasteiger partial charge in [-0.05, 0) is 25.7 Å². The summed E-state index contributed by atoms with van der Waals surface area (Å²) in [5.74, 6) is 0. The second-order valence-electron chi connectivity index (χ2n) is 8.52. The summed E-state index contributed by atoms with van der Waals surface area (Å²) in [6.45, 7) is 4.38. The van der Waals surface area contributed by atoms with E-state index < -0.39 is 15.4 Å². The Morgan fingerprint density at radius 2 is 0.931 bits per heavy atom. The monoisotopic (exact) mass is 442 g/mol. The molecule has 0 aliphatic heterocycles. The van der Waals surface area contributed by atoms with Gasteiger partial charge in [0.1, 0.15) is 0 Å². The third-order valence-electron chi connectivity index (χ3n) is 5.74. The molecular formula is C23H47NaO4S. The van der Waals surface area contributed by atoms with E-state index in [0.717, 1.165) is 64.2 Å². The number of unbranched alkanes of at least 4 members (excludes halogenated alkanes) is 12. The maximum Gasteiger partial charge on any atom is 1.00 e. The molecular weight excluding hydrogens is 395 g/mol. The Morgan fingerprint density at radius 1 is 0.621 bits per heavy atom. The van der Waals surface area contributed by atoms with E-state index in [1.807, 2.05) is 0 Å². The Kier molecular flexibility index (Phi) is 24.4. The zero-order chi connectivity index (χ0) is 21.1. The van der Waals surface area contributed by atoms with Crippen LogP contribution in [0.2, 0.25) is 0 Å². The molecule has 0 aromatic heterocycles. The minimum Gasteiger partial charge on any atom is -0.748 e. The van der Waals surface area contributed by atoms with Crippen molar-refractivity contribution in [2.75, 3.05) is 0 Å². The summed E-state index contributed by atoms with van der Waals surface area (Å²) in [5.41, 5.74) is 0. The molecule has 0 radical (unpaired) electrons. The zero-order valence-electron chi connectivity index (χ0n) is 19.7. The topological polar surface area (TPSA) is 77.4 Å². The summed E-state index contributed by atoms with van der Waals surface area (Å²) in [4.78, 5) is 0. The van der Waals surface area contributed by atoms with Crippen LogP contribution >= 0.6 is 0 Å². The first-order chi connectivity index (χ1) is 13.4. The van der Waals surface area contributed by atoms with Gasteiger partial charge in [-0.1, -0.05) is 110 Å². The Morgan fingerprint density at radius 3 is 1.31 bits per heavy atom. The van der Waals surface area contributed by atoms with E-state index in [1.165, 1.54) is 44.9 Å². The molecule has 0 bridgehead atoms. The summed E-state index contributed by atoms with van der Waals surface area (Å²) in [6.07, 6.45) is 19.1. The van der Waals surface area contributed by atoms with E-state index in [0.29, 0.717) is 12.8 Å². The van der Waals surface area contributed by atoms with Crippen molar-refractivity contribution in [3.63, 3.8) is 0 Å². The van der Waals surface area contributed by atoms with Crippen LogP contribution < -0.4 is 29.6 Å². The van der Waals surface area contributed by atoms with Gasteiger partial charge in [0, 0.05) is 5.25 Å². The quantitative estimate of drug-likeness (QED) is 0.167. The summed E-state index contributed by atoms with van der Waals surface area (Å²) in [7, 11) is -4.18. The van der Waals surface area contributed by atoms with Gasteiger partial charge in [-0.2, -0.15) is 0 Å². The van der Waals surface area contributed by atoms with Crippen LogP contribution in [0, 0.1) is 0 Å². The standard InChI is InChI=1S/C23H48O4S.Na/c1-3-5-7-9-10-11-16-20-23(28(25,26)27)21-17-13-12-15-19-22(24)18-14-8-6-4-2;/h22-24H,3-21H2,1-2H3,(H,25,26,27);/q;+1/p-1. The molecule has 2 atom stereocenters. The van der Waals surface area contributed by atoms with Crippen molar-refractivity contribution in [2.45, 2.75) is 147 Å². The average molecular weight is 443 g/mol. The van der Waals surface area contributed by atoms with Crippen molar-refractivity contribution in [3.05, 3.63) is 0 Å². The molecule has 0 saturated heterocycles. The van der Waals surface area contributed by atoms with Gasteiger partial charge >= 0.3 is 29.6 Å². The first kappa shape index (κ1) is 32.1. The molecule has 0 heterocycles. The molecule has 0 amide bonds. The van der Waals surface area contributed by atoms with E-state index in [2.05, 4.69) is 13.8 Å². The van der Waals surface area contributed by atoms with Crippen LogP contribution in [0.4, 0.5) is 0 Å². The maximum atomic E-state index is 11.5. The molecule has 29 heavy (non-hydrogen) atoms. The van der Waals surface area contributed by atoms with Gasteiger partial charge < -0.3 is 9.66 Å². The average Bonchev–Trinajstić information content (AvgIpc) is 2.64. The summed E-state index contributed by atoms with van der Waals surface area (Å²) in [5, 5.41) is 9.27. The van der Waals surface area contributed by atoms with Crippen molar-refractivity contribution >= 4 is 10.1 Å². The van der Waals surface area contributed by atoms with Crippen LogP contribution in [-0.4, -0.2) is 29.4 Å². The Hall–Kier alpha value is 0.870. The van der Waals surface area contributed by atoms with E-state index >= 15 is 0 Å². The molecule has 0 spiro atoms. The van der Waals surface area contributed by atoms with Crippen LogP contribution in [0.1, 0.15) is 136 Å². The SMILES string of the molecule is CCCCCCCCCC(CCCCCCC(O)CCCCCC)S(=O)(=O)[O-].[Na+]. The van der Waals surface area contributed by atoms with Crippen LogP contribution in [0.15, 0.2) is 0 Å². The smallest absolute Gasteiger partial charge is 0.748 e. The molecule has 1 N–H and O–H groups in total. The molecule has 0 fully saturated rings. The maximum absolute atomic E-state index is 11.5. The van der Waals surface area contributed by atoms with Crippen LogP contribution in [0.25, 0.3) is 0 Å². The van der Waals surface area contributed by atoms with Crippen molar-refractivity contribution in [1.29, 1.82) is 0 Å². The second kappa shape index (κ2) is 22.1. The molecule has 6 heteroatoms. The molecule has 170 valence electrons. The molecule has 0 aliphatic rings. The van der Waals surface area contributed by atoms with E-state index in [1.54, 1.807) is 0 Å². The van der Waals surface area contributed by atoms with Gasteiger partial charge in [-0.3, -0.25) is 0 Å². The largest absolute Gasteiger partial charge is 1.00 e. The minimum absolute atomic E-state index is 0. The van der Waals surface area contributed by atoms with Crippen LogP contribution in [-0.2, 0) is 10.1 Å². The van der Waals surface area contributed by atoms with Crippen LogP contribution in [0.5, 0.6) is 0 Å². The van der Waals surface area contributed by atoms with Gasteiger partial charge in [0.15, 0.2) is 0 Å². The molecule has 0 rings (SSSR count). The van der Waals surface area contributed by atoms with Crippen LogP contribution in [0.3, 0.4) is 0 Å². The van der Waals surface area contributed by atoms with Gasteiger partial charge in [0.25, 0.3) is 0 Å². The number of aliphatic hydroxyl groups excluding tert-OH is 1. The molecule has 2 unspecified atom stereocenters. The summed E-state index contributed by atoms with van der Waals surface area (Å²) < 4.78 is 34.5. The van der Waals surface area contributed by atoms with Gasteiger partial charge in [-0.25, -0.2) is 8.42 Å². The fourth-order valence-corrected chi connectivity index (χ4v) is 4.73. The van der Waals surface area contributed by atoms with Crippen molar-refractivity contribution in [1.82, 2.24) is 0 Å². The Labute approximate surface area is 204 Å². The first-order valence-electron chi connectivity index (χ1n) is 12.0. The van der Waals surface area contributed by atoms with Crippen molar-refractivity contribution in [2.24, 2.45) is 0 Å². The molecule has 0 aliphatic carbocycles. The number of aliphatic hydroxyl groups is 1. The third-order valence-corrected chi connectivity index (χ3v) is 7.03. The van der Waals surface area contributed by atoms with E-state index in [-0.39, 0.29) is 35.7 Å². The summed E-state index contributed by atoms with van der Waals surface area (Å²) in [6, 6.07) is 0. The van der Waals surface area contributed by atoms with E-state index in [4.69, 9.17) is 0 Å². The number of rotatable bonds is 21. The Bertz CT molecular complexity index is 429. The second-order valence-corrected chi connectivity index (χ2v) is 10.2. The molecule has 0 aromatic carbocycles. The number of hydrogen-bond donors (Lipinski definition) is 1. The summed E-state index contributed by atoms with van der Waals surface area (Å²) >= 11 is 0. The molecule has 4 nitrogen and oxygen atoms in total. The fraction of sp³-hybridized carbons (Fsp3) is 1.00. The molecule has 0 saturated carbocycles. The first-order valence-corrected chi connectivity index (χ1v) is 13.5. The minimum atomic E-state index is -4.18. The van der Waals surface area contributed by atoms with Gasteiger partial charge in [0.05, 0.1) is 16.2 Å². The van der Waals surface area contributed by atoms with Gasteiger partial charge in [-0.15, -0.1) is 0 Å². The van der Waals surface area contributed by atoms with E-state index in [9.17, 15) is 18.1 Å². The zero-order valence-corrected chi connectivity index (χ0v) is 22.5. The Balaban J connectivity index is 0. The normalized spacial score (nSPS) is 13.8.